The normalized spacial score (nSPS) is 18.2. The average Bonchev–Trinajstić information content (AvgIpc) is 3.03. The molecule has 7 nitrogen and oxygen atoms in total. The lowest BCUT2D eigenvalue weighted by Crippen LogP contribution is -2.39. The fraction of sp³-hybridized carbons (Fsp3) is 0.368. The number of hydrogen-bond donors (Lipinski definition) is 1. The van der Waals surface area contributed by atoms with Gasteiger partial charge in [0.25, 0.3) is 5.95 Å². The van der Waals surface area contributed by atoms with E-state index in [0.29, 0.717) is 5.95 Å². The Morgan fingerprint density at radius 1 is 1.08 bits per heavy atom. The molecule has 1 aromatic carbocycles. The first-order valence-electron chi connectivity index (χ1n) is 8.57. The van der Waals surface area contributed by atoms with Crippen LogP contribution in [0, 0.1) is 13.8 Å². The molecule has 4 rings (SSSR count). The molecule has 3 heterocycles. The molecule has 1 aliphatic rings. The molecule has 0 fully saturated rings. The van der Waals surface area contributed by atoms with Crippen LogP contribution in [0.3, 0.4) is 0 Å². The molecule has 0 amide bonds. The number of aryl methyl sites for hydroxylation is 3. The monoisotopic (exact) mass is 350 g/mol. The topological polar surface area (TPSA) is 80.0 Å². The molecule has 26 heavy (non-hydrogen) atoms. The molecule has 2 aromatic heterocycles. The maximum absolute atomic E-state index is 11.0. The van der Waals surface area contributed by atoms with Gasteiger partial charge in [-0.3, -0.25) is 9.58 Å². The maximum atomic E-state index is 11.0. The first-order valence-corrected chi connectivity index (χ1v) is 8.57. The van der Waals surface area contributed by atoms with Gasteiger partial charge in [-0.15, -0.1) is 5.10 Å². The van der Waals surface area contributed by atoms with Crippen LogP contribution in [0.25, 0.3) is 11.1 Å². The van der Waals surface area contributed by atoms with Gasteiger partial charge in [0.2, 0.25) is 0 Å². The van der Waals surface area contributed by atoms with Gasteiger partial charge in [-0.05, 0) is 31.0 Å². The molecule has 1 unspecified atom stereocenters. The zero-order chi connectivity index (χ0) is 18.6. The number of anilines is 2. The Hall–Kier alpha value is -2.80. The number of benzene rings is 1. The van der Waals surface area contributed by atoms with E-state index in [9.17, 15) is 5.11 Å². The van der Waals surface area contributed by atoms with Crippen LogP contribution in [0.15, 0.2) is 30.6 Å². The third kappa shape index (κ3) is 2.39. The summed E-state index contributed by atoms with van der Waals surface area (Å²) in [5, 5.41) is 15.5. The summed E-state index contributed by atoms with van der Waals surface area (Å²) in [6.07, 6.45) is 2.88. The Kier molecular flexibility index (Phi) is 3.59. The number of fused-ring (bicyclic) bond motifs is 1. The number of aliphatic hydroxyl groups excluding tert-OH is 1. The zero-order valence-corrected chi connectivity index (χ0v) is 15.6. The van der Waals surface area contributed by atoms with E-state index in [0.717, 1.165) is 34.0 Å². The number of hydrogen-bond acceptors (Lipinski definition) is 6. The summed E-state index contributed by atoms with van der Waals surface area (Å²) in [4.78, 5) is 14.9. The lowest BCUT2D eigenvalue weighted by Gasteiger charge is -2.27. The first kappa shape index (κ1) is 16.7. The second-order valence-electron chi connectivity index (χ2n) is 7.30. The van der Waals surface area contributed by atoms with Gasteiger partial charge in [0.15, 0.2) is 0 Å². The molecule has 7 heteroatoms. The van der Waals surface area contributed by atoms with Crippen molar-refractivity contribution < 1.29 is 5.11 Å². The van der Waals surface area contributed by atoms with Crippen LogP contribution < -0.4 is 4.90 Å². The van der Waals surface area contributed by atoms with Crippen molar-refractivity contribution in [3.8, 4) is 11.1 Å². The van der Waals surface area contributed by atoms with E-state index in [4.69, 9.17) is 0 Å². The van der Waals surface area contributed by atoms with Gasteiger partial charge in [-0.25, -0.2) is 9.97 Å². The van der Waals surface area contributed by atoms with Crippen molar-refractivity contribution in [1.82, 2.24) is 24.7 Å². The molecule has 0 aliphatic carbocycles. The van der Waals surface area contributed by atoms with Crippen LogP contribution in [-0.4, -0.2) is 36.1 Å². The maximum Gasteiger partial charge on any atom is 0.251 e. The van der Waals surface area contributed by atoms with Crippen molar-refractivity contribution in [2.24, 2.45) is 7.05 Å². The minimum Gasteiger partial charge on any atom is -0.372 e. The van der Waals surface area contributed by atoms with Crippen molar-refractivity contribution in [3.63, 3.8) is 0 Å². The van der Waals surface area contributed by atoms with Gasteiger partial charge >= 0.3 is 0 Å². The van der Waals surface area contributed by atoms with Crippen LogP contribution in [0.5, 0.6) is 0 Å². The second kappa shape index (κ2) is 5.60. The van der Waals surface area contributed by atoms with Crippen LogP contribution >= 0.6 is 0 Å². The SMILES string of the molecule is Cc1ncc(-c2ccc3c(c2)N(c2nc(C)n(C)n2)C(O)C3(C)C)cn1. The Labute approximate surface area is 152 Å². The number of rotatable bonds is 2. The lowest BCUT2D eigenvalue weighted by atomic mass is 9.85. The van der Waals surface area contributed by atoms with Crippen molar-refractivity contribution in [2.75, 3.05) is 4.90 Å². The van der Waals surface area contributed by atoms with Crippen LogP contribution in [0.1, 0.15) is 31.1 Å². The third-order valence-corrected chi connectivity index (χ3v) is 5.14. The Morgan fingerprint density at radius 2 is 1.77 bits per heavy atom. The quantitative estimate of drug-likeness (QED) is 0.765. The highest BCUT2D eigenvalue weighted by Gasteiger charge is 2.45. The third-order valence-electron chi connectivity index (χ3n) is 5.14. The van der Waals surface area contributed by atoms with Gasteiger partial charge in [0.1, 0.15) is 17.9 Å². The molecule has 1 aliphatic heterocycles. The molecular weight excluding hydrogens is 328 g/mol. The average molecular weight is 350 g/mol. The van der Waals surface area contributed by atoms with E-state index < -0.39 is 11.6 Å². The highest BCUT2D eigenvalue weighted by molar-refractivity contribution is 5.76. The predicted octanol–water partition coefficient (Wildman–Crippen LogP) is 2.64. The van der Waals surface area contributed by atoms with Gasteiger partial charge in [-0.1, -0.05) is 26.0 Å². The fourth-order valence-corrected chi connectivity index (χ4v) is 3.36. The molecule has 1 N–H and O–H groups in total. The first-order chi connectivity index (χ1) is 12.3. The second-order valence-corrected chi connectivity index (χ2v) is 7.30. The molecule has 0 spiro atoms. The largest absolute Gasteiger partial charge is 0.372 e. The molecule has 3 aromatic rings. The summed E-state index contributed by atoms with van der Waals surface area (Å²) in [5.74, 6) is 2.03. The predicted molar refractivity (Wildman–Crippen MR) is 99.1 cm³/mol. The molecule has 0 saturated heterocycles. The van der Waals surface area contributed by atoms with Crippen molar-refractivity contribution >= 4 is 11.6 Å². The molecule has 0 saturated carbocycles. The van der Waals surface area contributed by atoms with Crippen molar-refractivity contribution in [2.45, 2.75) is 39.3 Å². The summed E-state index contributed by atoms with van der Waals surface area (Å²) >= 11 is 0. The van der Waals surface area contributed by atoms with E-state index in [1.165, 1.54) is 0 Å². The fourth-order valence-electron chi connectivity index (χ4n) is 3.36. The minimum atomic E-state index is -0.746. The molecular formula is C19H22N6O. The summed E-state index contributed by atoms with van der Waals surface area (Å²) < 4.78 is 1.71. The lowest BCUT2D eigenvalue weighted by molar-refractivity contribution is 0.118. The number of aliphatic hydroxyl groups is 1. The van der Waals surface area contributed by atoms with Gasteiger partial charge in [0.05, 0.1) is 5.69 Å². The van der Waals surface area contributed by atoms with Gasteiger partial charge in [-0.2, -0.15) is 4.98 Å². The van der Waals surface area contributed by atoms with E-state index >= 15 is 0 Å². The Balaban J connectivity index is 1.87. The number of nitrogens with zero attached hydrogens (tertiary/aromatic N) is 6. The van der Waals surface area contributed by atoms with Crippen molar-refractivity contribution in [1.29, 1.82) is 0 Å². The smallest absolute Gasteiger partial charge is 0.251 e. The summed E-state index contributed by atoms with van der Waals surface area (Å²) in [5.41, 5.74) is 3.46. The van der Waals surface area contributed by atoms with Crippen LogP contribution in [-0.2, 0) is 12.5 Å². The van der Waals surface area contributed by atoms with Crippen LogP contribution in [0.2, 0.25) is 0 Å². The van der Waals surface area contributed by atoms with E-state index in [2.05, 4.69) is 26.1 Å². The minimum absolute atomic E-state index is 0.440. The Bertz CT molecular complexity index is 957. The highest BCUT2D eigenvalue weighted by atomic mass is 16.3. The summed E-state index contributed by atoms with van der Waals surface area (Å²) in [6, 6.07) is 6.15. The molecule has 0 radical (unpaired) electrons. The molecule has 1 atom stereocenters. The van der Waals surface area contributed by atoms with Crippen LogP contribution in [0.4, 0.5) is 11.6 Å². The zero-order valence-electron chi connectivity index (χ0n) is 15.6. The summed E-state index contributed by atoms with van der Waals surface area (Å²) in [7, 11) is 1.85. The number of aromatic nitrogens is 5. The van der Waals surface area contributed by atoms with Gasteiger partial charge in [0, 0.05) is 30.4 Å². The molecule has 134 valence electrons. The van der Waals surface area contributed by atoms with Crippen molar-refractivity contribution in [3.05, 3.63) is 47.8 Å². The van der Waals surface area contributed by atoms with E-state index in [1.807, 2.05) is 59.3 Å². The van der Waals surface area contributed by atoms with E-state index in [1.54, 1.807) is 9.58 Å². The van der Waals surface area contributed by atoms with E-state index in [-0.39, 0.29) is 0 Å². The highest BCUT2D eigenvalue weighted by Crippen LogP contribution is 2.48. The van der Waals surface area contributed by atoms with Gasteiger partial charge < -0.3 is 5.11 Å². The summed E-state index contributed by atoms with van der Waals surface area (Å²) in [6.45, 7) is 7.81. The Morgan fingerprint density at radius 3 is 2.38 bits per heavy atom. The standard InChI is InChI=1S/C19H22N6O/c1-11-20-9-14(10-21-11)13-6-7-15-16(8-13)25(17(26)19(15,3)4)18-22-12(2)24(5)23-18/h6-10,17,26H,1-5H3. The molecule has 0 bridgehead atoms.